The molecule has 10 nitrogen and oxygen atoms in total. The second-order valence-electron chi connectivity index (χ2n) is 6.70. The largest absolute Gasteiger partial charge is 0.329 e. The van der Waals surface area contributed by atoms with Crippen LogP contribution in [-0.4, -0.2) is 49.5 Å². The lowest BCUT2D eigenvalue weighted by Crippen LogP contribution is -2.38. The number of carbonyl (C=O) groups is 2. The van der Waals surface area contributed by atoms with Gasteiger partial charge in [-0.05, 0) is 36.8 Å². The highest BCUT2D eigenvalue weighted by molar-refractivity contribution is 6.35. The van der Waals surface area contributed by atoms with Gasteiger partial charge in [-0.3, -0.25) is 19.7 Å². The highest BCUT2D eigenvalue weighted by Crippen LogP contribution is 2.26. The molecule has 1 heterocycles. The Balaban J connectivity index is 1.82. The van der Waals surface area contributed by atoms with Gasteiger partial charge >= 0.3 is 0 Å². The molecular formula is C20H18Cl2N6O4. The Morgan fingerprint density at radius 1 is 1.22 bits per heavy atom. The van der Waals surface area contributed by atoms with E-state index >= 15 is 0 Å². The first-order chi connectivity index (χ1) is 15.3. The SMILES string of the molecule is CCCN(CC(=O)Nc1cc(Cl)ccc1Cl)C(=O)c1ccc(-n2cncn2)c([N+](=O)[O-])c1. The summed E-state index contributed by atoms with van der Waals surface area (Å²) < 4.78 is 1.23. The molecule has 0 saturated heterocycles. The Morgan fingerprint density at radius 2 is 2.00 bits per heavy atom. The fourth-order valence-electron chi connectivity index (χ4n) is 2.99. The number of carbonyl (C=O) groups excluding carboxylic acids is 2. The van der Waals surface area contributed by atoms with Crippen molar-refractivity contribution in [3.63, 3.8) is 0 Å². The zero-order chi connectivity index (χ0) is 23.3. The number of hydrogen-bond acceptors (Lipinski definition) is 6. The Kier molecular flexibility index (Phi) is 7.39. The quantitative estimate of drug-likeness (QED) is 0.387. The minimum absolute atomic E-state index is 0.0719. The summed E-state index contributed by atoms with van der Waals surface area (Å²) in [5.41, 5.74) is 0.246. The number of anilines is 1. The molecule has 0 aliphatic heterocycles. The van der Waals surface area contributed by atoms with E-state index in [1.165, 1.54) is 40.4 Å². The fraction of sp³-hybridized carbons (Fsp3) is 0.200. The van der Waals surface area contributed by atoms with Gasteiger partial charge in [0.05, 0.1) is 15.6 Å². The number of halogens is 2. The average Bonchev–Trinajstić information content (AvgIpc) is 3.30. The number of rotatable bonds is 8. The normalized spacial score (nSPS) is 10.6. The van der Waals surface area contributed by atoms with Crippen LogP contribution in [0.5, 0.6) is 0 Å². The van der Waals surface area contributed by atoms with Crippen LogP contribution in [0, 0.1) is 10.1 Å². The molecule has 1 N–H and O–H groups in total. The Bertz CT molecular complexity index is 1150. The standard InChI is InChI=1S/C20H18Cl2N6O4/c1-2-7-26(10-19(29)25-16-9-14(21)4-5-15(16)22)20(30)13-3-6-17(18(8-13)28(31)32)27-12-23-11-24-27/h3-6,8-9,11-12H,2,7,10H2,1H3,(H,25,29). The van der Waals surface area contributed by atoms with Crippen LogP contribution < -0.4 is 5.32 Å². The number of amides is 2. The maximum Gasteiger partial charge on any atom is 0.295 e. The molecule has 0 aliphatic carbocycles. The van der Waals surface area contributed by atoms with Gasteiger partial charge in [-0.2, -0.15) is 5.10 Å². The highest BCUT2D eigenvalue weighted by atomic mass is 35.5. The van der Waals surface area contributed by atoms with Gasteiger partial charge in [0.15, 0.2) is 0 Å². The van der Waals surface area contributed by atoms with E-state index in [2.05, 4.69) is 15.4 Å². The summed E-state index contributed by atoms with van der Waals surface area (Å²) in [4.78, 5) is 41.6. The minimum atomic E-state index is -0.605. The molecule has 32 heavy (non-hydrogen) atoms. The van der Waals surface area contributed by atoms with E-state index in [0.717, 1.165) is 6.07 Å². The van der Waals surface area contributed by atoms with Crippen LogP contribution in [0.3, 0.4) is 0 Å². The third-order valence-corrected chi connectivity index (χ3v) is 4.97. The van der Waals surface area contributed by atoms with E-state index in [4.69, 9.17) is 23.2 Å². The second kappa shape index (κ2) is 10.2. The molecule has 2 amide bonds. The van der Waals surface area contributed by atoms with Crippen molar-refractivity contribution >= 4 is 46.4 Å². The van der Waals surface area contributed by atoms with Gasteiger partial charge in [0, 0.05) is 23.2 Å². The highest BCUT2D eigenvalue weighted by Gasteiger charge is 2.23. The maximum absolute atomic E-state index is 13.1. The van der Waals surface area contributed by atoms with Crippen LogP contribution in [0.4, 0.5) is 11.4 Å². The first-order valence-corrected chi connectivity index (χ1v) is 10.2. The van der Waals surface area contributed by atoms with Crippen LogP contribution >= 0.6 is 23.2 Å². The number of nitro benzene ring substituents is 1. The summed E-state index contributed by atoms with van der Waals surface area (Å²) in [6.45, 7) is 1.85. The number of nitrogens with one attached hydrogen (secondary N) is 1. The molecule has 0 bridgehead atoms. The molecule has 1 aromatic heterocycles. The predicted molar refractivity (Wildman–Crippen MR) is 119 cm³/mol. The zero-order valence-corrected chi connectivity index (χ0v) is 18.4. The van der Waals surface area contributed by atoms with Gasteiger partial charge in [0.1, 0.15) is 24.9 Å². The third-order valence-electron chi connectivity index (χ3n) is 4.40. The van der Waals surface area contributed by atoms with Crippen molar-refractivity contribution in [2.75, 3.05) is 18.4 Å². The van der Waals surface area contributed by atoms with E-state index in [9.17, 15) is 19.7 Å². The topological polar surface area (TPSA) is 123 Å². The summed E-state index contributed by atoms with van der Waals surface area (Å²) in [5.74, 6) is -1.00. The molecule has 0 aliphatic rings. The number of aromatic nitrogens is 3. The molecule has 0 saturated carbocycles. The van der Waals surface area contributed by atoms with Crippen molar-refractivity contribution in [1.29, 1.82) is 0 Å². The first-order valence-electron chi connectivity index (χ1n) is 9.47. The molecule has 0 spiro atoms. The van der Waals surface area contributed by atoms with Gasteiger partial charge in [0.25, 0.3) is 11.6 Å². The monoisotopic (exact) mass is 476 g/mol. The zero-order valence-electron chi connectivity index (χ0n) is 16.9. The molecule has 166 valence electrons. The van der Waals surface area contributed by atoms with E-state index in [1.807, 2.05) is 6.92 Å². The molecule has 3 rings (SSSR count). The van der Waals surface area contributed by atoms with Crippen molar-refractivity contribution in [2.45, 2.75) is 13.3 Å². The van der Waals surface area contributed by atoms with Crippen molar-refractivity contribution in [3.8, 4) is 5.69 Å². The molecule has 0 unspecified atom stereocenters. The number of hydrogen-bond donors (Lipinski definition) is 1. The van der Waals surface area contributed by atoms with Crippen molar-refractivity contribution in [2.24, 2.45) is 0 Å². The lowest BCUT2D eigenvalue weighted by atomic mass is 10.1. The first kappa shape index (κ1) is 23.2. The van der Waals surface area contributed by atoms with Crippen molar-refractivity contribution in [1.82, 2.24) is 19.7 Å². The molecular weight excluding hydrogens is 459 g/mol. The van der Waals surface area contributed by atoms with E-state index in [-0.39, 0.29) is 30.0 Å². The van der Waals surface area contributed by atoms with Crippen LogP contribution in [-0.2, 0) is 4.79 Å². The molecule has 3 aromatic rings. The lowest BCUT2D eigenvalue weighted by molar-refractivity contribution is -0.384. The van der Waals surface area contributed by atoms with Gasteiger partial charge in [-0.1, -0.05) is 30.1 Å². The third kappa shape index (κ3) is 5.40. The van der Waals surface area contributed by atoms with E-state index in [0.29, 0.717) is 22.2 Å². The van der Waals surface area contributed by atoms with E-state index in [1.54, 1.807) is 12.1 Å². The summed E-state index contributed by atoms with van der Waals surface area (Å²) in [7, 11) is 0. The van der Waals surface area contributed by atoms with Crippen LogP contribution in [0.1, 0.15) is 23.7 Å². The van der Waals surface area contributed by atoms with Crippen LogP contribution in [0.25, 0.3) is 5.69 Å². The lowest BCUT2D eigenvalue weighted by Gasteiger charge is -2.22. The summed E-state index contributed by atoms with van der Waals surface area (Å²) in [6, 6.07) is 8.65. The van der Waals surface area contributed by atoms with Gasteiger partial charge < -0.3 is 10.2 Å². The van der Waals surface area contributed by atoms with Gasteiger partial charge in [-0.25, -0.2) is 9.67 Å². The van der Waals surface area contributed by atoms with Crippen molar-refractivity contribution < 1.29 is 14.5 Å². The van der Waals surface area contributed by atoms with Gasteiger partial charge in [0.2, 0.25) is 5.91 Å². The van der Waals surface area contributed by atoms with Crippen LogP contribution in [0.15, 0.2) is 49.1 Å². The molecule has 0 atom stereocenters. The molecule has 12 heteroatoms. The number of nitrogens with zero attached hydrogens (tertiary/aromatic N) is 5. The Labute approximate surface area is 192 Å². The second-order valence-corrected chi connectivity index (χ2v) is 7.54. The molecule has 2 aromatic carbocycles. The van der Waals surface area contributed by atoms with Crippen molar-refractivity contribution in [3.05, 3.63) is 74.8 Å². The average molecular weight is 477 g/mol. The minimum Gasteiger partial charge on any atom is -0.329 e. The molecule has 0 fully saturated rings. The fourth-order valence-corrected chi connectivity index (χ4v) is 3.33. The maximum atomic E-state index is 13.1. The number of nitro groups is 1. The van der Waals surface area contributed by atoms with Gasteiger partial charge in [-0.15, -0.1) is 0 Å². The summed E-state index contributed by atoms with van der Waals surface area (Å²) in [6.07, 6.45) is 3.14. The smallest absolute Gasteiger partial charge is 0.295 e. The Hall–Kier alpha value is -3.50. The van der Waals surface area contributed by atoms with E-state index < -0.39 is 16.7 Å². The summed E-state index contributed by atoms with van der Waals surface area (Å²) >= 11 is 12.0. The predicted octanol–water partition coefficient (Wildman–Crippen LogP) is 3.97. The van der Waals surface area contributed by atoms with Crippen LogP contribution in [0.2, 0.25) is 10.0 Å². The molecule has 0 radical (unpaired) electrons. The Morgan fingerprint density at radius 3 is 2.66 bits per heavy atom. The number of benzene rings is 2. The summed E-state index contributed by atoms with van der Waals surface area (Å²) in [5, 5.41) is 18.8.